The summed E-state index contributed by atoms with van der Waals surface area (Å²) in [5, 5.41) is 0. The predicted molar refractivity (Wildman–Crippen MR) is 90.8 cm³/mol. The van der Waals surface area contributed by atoms with Gasteiger partial charge in [0.1, 0.15) is 12.9 Å². The number of carbonyl (C=O) groups excluding carboxylic acids is 1. The van der Waals surface area contributed by atoms with Crippen LogP contribution in [0.4, 0.5) is 13.2 Å². The van der Waals surface area contributed by atoms with Gasteiger partial charge < -0.3 is 4.74 Å². The topological polar surface area (TPSA) is 52.1 Å². The fourth-order valence-corrected chi connectivity index (χ4v) is 2.82. The van der Waals surface area contributed by atoms with E-state index >= 15 is 0 Å². The highest BCUT2D eigenvalue weighted by Gasteiger charge is 2.39. The zero-order chi connectivity index (χ0) is 19.5. The number of carbonyl (C=O) groups is 1. The van der Waals surface area contributed by atoms with Gasteiger partial charge in [-0.1, -0.05) is 45.0 Å². The fraction of sp³-hybridized carbons (Fsp3) is 0.421. The second-order valence-electron chi connectivity index (χ2n) is 7.07. The maximum Gasteiger partial charge on any atom is 0.433 e. The molecule has 1 heterocycles. The van der Waals surface area contributed by atoms with Gasteiger partial charge in [-0.15, -0.1) is 0 Å². The molecule has 26 heavy (non-hydrogen) atoms. The van der Waals surface area contributed by atoms with Gasteiger partial charge in [-0.2, -0.15) is 13.2 Å². The van der Waals surface area contributed by atoms with Gasteiger partial charge in [0.05, 0.1) is 0 Å². The summed E-state index contributed by atoms with van der Waals surface area (Å²) in [6.45, 7) is 7.63. The van der Waals surface area contributed by atoms with E-state index in [1.807, 2.05) is 32.9 Å². The molecule has 0 amide bonds. The number of benzene rings is 1. The molecule has 0 aliphatic heterocycles. The molecule has 0 bridgehead atoms. The van der Waals surface area contributed by atoms with E-state index in [2.05, 4.69) is 9.97 Å². The summed E-state index contributed by atoms with van der Waals surface area (Å²) in [7, 11) is 0. The third-order valence-electron chi connectivity index (χ3n) is 4.21. The minimum atomic E-state index is -4.63. The SMILES string of the molecule is Cc1ncnc(C(F)(F)F)c1C(COC=O)c1ccc(C(C)(C)C)cc1. The molecule has 0 aliphatic carbocycles. The van der Waals surface area contributed by atoms with Crippen LogP contribution in [0.2, 0.25) is 0 Å². The van der Waals surface area contributed by atoms with Crippen molar-refractivity contribution in [1.29, 1.82) is 0 Å². The molecule has 0 saturated heterocycles. The van der Waals surface area contributed by atoms with E-state index in [4.69, 9.17) is 4.74 Å². The quantitative estimate of drug-likeness (QED) is 0.736. The molecular weight excluding hydrogens is 345 g/mol. The smallest absolute Gasteiger partial charge is 0.433 e. The lowest BCUT2D eigenvalue weighted by molar-refractivity contribution is -0.142. The van der Waals surface area contributed by atoms with Crippen LogP contribution in [0, 0.1) is 6.92 Å². The summed E-state index contributed by atoms with van der Waals surface area (Å²) in [6, 6.07) is 7.25. The van der Waals surface area contributed by atoms with Gasteiger partial charge in [0.25, 0.3) is 6.47 Å². The van der Waals surface area contributed by atoms with Crippen LogP contribution in [-0.2, 0) is 21.1 Å². The van der Waals surface area contributed by atoms with Crippen molar-refractivity contribution < 1.29 is 22.7 Å². The zero-order valence-electron chi connectivity index (χ0n) is 15.1. The van der Waals surface area contributed by atoms with Crippen molar-refractivity contribution in [2.75, 3.05) is 6.61 Å². The molecule has 7 heteroatoms. The Kier molecular flexibility index (Phi) is 5.68. The lowest BCUT2D eigenvalue weighted by atomic mass is 9.84. The first-order chi connectivity index (χ1) is 12.1. The monoisotopic (exact) mass is 366 g/mol. The lowest BCUT2D eigenvalue weighted by Crippen LogP contribution is -2.20. The van der Waals surface area contributed by atoms with Crippen molar-refractivity contribution in [1.82, 2.24) is 9.97 Å². The van der Waals surface area contributed by atoms with E-state index in [0.717, 1.165) is 11.9 Å². The first-order valence-electron chi connectivity index (χ1n) is 8.10. The summed E-state index contributed by atoms with van der Waals surface area (Å²) in [5.74, 6) is -0.813. The van der Waals surface area contributed by atoms with Crippen LogP contribution in [0.25, 0.3) is 0 Å². The predicted octanol–water partition coefficient (Wildman–Crippen LogP) is 4.41. The Morgan fingerprint density at radius 3 is 2.23 bits per heavy atom. The highest BCUT2D eigenvalue weighted by molar-refractivity contribution is 5.42. The number of alkyl halides is 3. The Morgan fingerprint density at radius 2 is 1.73 bits per heavy atom. The van der Waals surface area contributed by atoms with Crippen LogP contribution < -0.4 is 0 Å². The van der Waals surface area contributed by atoms with Crippen LogP contribution in [0.15, 0.2) is 30.6 Å². The lowest BCUT2D eigenvalue weighted by Gasteiger charge is -2.24. The van der Waals surface area contributed by atoms with Gasteiger partial charge in [0.15, 0.2) is 5.69 Å². The Morgan fingerprint density at radius 1 is 1.12 bits per heavy atom. The number of aromatic nitrogens is 2. The highest BCUT2D eigenvalue weighted by atomic mass is 19.4. The molecule has 140 valence electrons. The van der Waals surface area contributed by atoms with Crippen LogP contribution in [0.1, 0.15) is 54.8 Å². The largest absolute Gasteiger partial charge is 0.467 e. The molecule has 1 aromatic heterocycles. The third-order valence-corrected chi connectivity index (χ3v) is 4.21. The maximum atomic E-state index is 13.4. The normalized spacial score (nSPS) is 13.3. The van der Waals surface area contributed by atoms with E-state index in [1.54, 1.807) is 12.1 Å². The minimum absolute atomic E-state index is 0.0784. The summed E-state index contributed by atoms with van der Waals surface area (Å²) in [4.78, 5) is 18.0. The maximum absolute atomic E-state index is 13.4. The van der Waals surface area contributed by atoms with Crippen LogP contribution in [0.5, 0.6) is 0 Å². The van der Waals surface area contributed by atoms with Crippen molar-refractivity contribution >= 4 is 6.47 Å². The zero-order valence-corrected chi connectivity index (χ0v) is 15.1. The first kappa shape index (κ1) is 19.9. The van der Waals surface area contributed by atoms with E-state index in [9.17, 15) is 18.0 Å². The van der Waals surface area contributed by atoms with Gasteiger partial charge in [0.2, 0.25) is 0 Å². The van der Waals surface area contributed by atoms with Crippen molar-refractivity contribution in [3.05, 3.63) is 58.7 Å². The van der Waals surface area contributed by atoms with Gasteiger partial charge in [0, 0.05) is 17.2 Å². The van der Waals surface area contributed by atoms with Crippen molar-refractivity contribution in [2.24, 2.45) is 0 Å². The molecule has 0 saturated carbocycles. The Labute approximate surface area is 150 Å². The molecule has 1 aromatic carbocycles. The molecule has 1 atom stereocenters. The van der Waals surface area contributed by atoms with Crippen LogP contribution in [-0.4, -0.2) is 23.0 Å². The van der Waals surface area contributed by atoms with Gasteiger partial charge >= 0.3 is 6.18 Å². The molecule has 4 nitrogen and oxygen atoms in total. The molecule has 0 aliphatic rings. The molecule has 2 rings (SSSR count). The Hall–Kier alpha value is -2.44. The first-order valence-corrected chi connectivity index (χ1v) is 8.10. The number of ether oxygens (including phenoxy) is 1. The number of halogens is 3. The molecule has 0 radical (unpaired) electrons. The number of nitrogens with zero attached hydrogens (tertiary/aromatic N) is 2. The summed E-state index contributed by atoms with van der Waals surface area (Å²) >= 11 is 0. The van der Waals surface area contributed by atoms with Gasteiger partial charge in [-0.25, -0.2) is 9.97 Å². The standard InChI is InChI=1S/C19H21F3N2O2/c1-12-16(17(19(20,21)22)24-10-23-12)15(9-26-11-25)13-5-7-14(8-6-13)18(2,3)4/h5-8,10-11,15H,9H2,1-4H3. The van der Waals surface area contributed by atoms with Crippen LogP contribution in [0.3, 0.4) is 0 Å². The number of hydrogen-bond acceptors (Lipinski definition) is 4. The second kappa shape index (κ2) is 7.43. The minimum Gasteiger partial charge on any atom is -0.467 e. The van der Waals surface area contributed by atoms with E-state index in [1.165, 1.54) is 6.92 Å². The van der Waals surface area contributed by atoms with Crippen molar-refractivity contribution in [3.63, 3.8) is 0 Å². The average molecular weight is 366 g/mol. The van der Waals surface area contributed by atoms with Gasteiger partial charge in [-0.3, -0.25) is 4.79 Å². The Balaban J connectivity index is 2.58. The van der Waals surface area contributed by atoms with Crippen molar-refractivity contribution in [2.45, 2.75) is 45.2 Å². The van der Waals surface area contributed by atoms with Crippen LogP contribution >= 0.6 is 0 Å². The number of rotatable bonds is 5. The molecule has 0 N–H and O–H groups in total. The second-order valence-corrected chi connectivity index (χ2v) is 7.07. The molecular formula is C19H21F3N2O2. The third kappa shape index (κ3) is 4.39. The fourth-order valence-electron chi connectivity index (χ4n) is 2.82. The molecule has 1 unspecified atom stereocenters. The highest BCUT2D eigenvalue weighted by Crippen LogP contribution is 2.38. The summed E-state index contributed by atoms with van der Waals surface area (Å²) in [6.07, 6.45) is -3.74. The molecule has 0 spiro atoms. The summed E-state index contributed by atoms with van der Waals surface area (Å²) < 4.78 is 45.2. The summed E-state index contributed by atoms with van der Waals surface area (Å²) in [5.41, 5.74) is 0.675. The van der Waals surface area contributed by atoms with E-state index < -0.39 is 17.8 Å². The number of aryl methyl sites for hydroxylation is 1. The Bertz CT molecular complexity index is 766. The number of hydrogen-bond donors (Lipinski definition) is 0. The van der Waals surface area contributed by atoms with Gasteiger partial charge in [-0.05, 0) is 23.5 Å². The molecule has 0 fully saturated rings. The average Bonchev–Trinajstić information content (AvgIpc) is 2.55. The van der Waals surface area contributed by atoms with Crippen molar-refractivity contribution in [3.8, 4) is 0 Å². The van der Waals surface area contributed by atoms with E-state index in [-0.39, 0.29) is 29.8 Å². The van der Waals surface area contributed by atoms with E-state index in [0.29, 0.717) is 5.56 Å². The molecule has 2 aromatic rings.